The van der Waals surface area contributed by atoms with Crippen LogP contribution in [0.25, 0.3) is 11.0 Å². The van der Waals surface area contributed by atoms with Crippen molar-refractivity contribution in [2.24, 2.45) is 0 Å². The van der Waals surface area contributed by atoms with Gasteiger partial charge in [-0.25, -0.2) is 4.98 Å². The van der Waals surface area contributed by atoms with Crippen molar-refractivity contribution in [1.29, 1.82) is 0 Å². The Morgan fingerprint density at radius 3 is 2.58 bits per heavy atom. The summed E-state index contributed by atoms with van der Waals surface area (Å²) >= 11 is 1.91. The van der Waals surface area contributed by atoms with E-state index >= 15 is 0 Å². The Morgan fingerprint density at radius 2 is 1.97 bits per heavy atom. The smallest absolute Gasteiger partial charge is 0.395 e. The highest BCUT2D eigenvalue weighted by Crippen LogP contribution is 2.35. The number of rotatable bonds is 4. The number of benzene rings is 1. The first-order valence-corrected chi connectivity index (χ1v) is 11.2. The number of furan rings is 1. The molecule has 0 radical (unpaired) electrons. The molecule has 0 bridgehead atoms. The topological polar surface area (TPSA) is 106 Å². The Bertz CT molecular complexity index is 1150. The largest absolute Gasteiger partial charge is 0.433 e. The van der Waals surface area contributed by atoms with Crippen molar-refractivity contribution in [3.8, 4) is 0 Å². The molecule has 1 aliphatic rings. The second-order valence-corrected chi connectivity index (χ2v) is 9.70. The van der Waals surface area contributed by atoms with Crippen LogP contribution in [0.2, 0.25) is 0 Å². The molecule has 9 nitrogen and oxygen atoms in total. The Balaban J connectivity index is 1.78. The molecule has 4 rings (SSSR count). The molecule has 3 aromatic rings. The highest BCUT2D eigenvalue weighted by molar-refractivity contribution is 7.99. The lowest BCUT2D eigenvalue weighted by atomic mass is 10.1. The minimum absolute atomic E-state index is 0.108. The second-order valence-electron chi connectivity index (χ2n) is 8.47. The Labute approximate surface area is 183 Å². The Morgan fingerprint density at radius 1 is 1.26 bits per heavy atom. The average Bonchev–Trinajstić information content (AvgIpc) is 3.31. The van der Waals surface area contributed by atoms with Crippen LogP contribution in [-0.4, -0.2) is 45.0 Å². The van der Waals surface area contributed by atoms with Gasteiger partial charge >= 0.3 is 5.88 Å². The number of hydrogen-bond acceptors (Lipinski definition) is 7. The molecule has 0 atom stereocenters. The monoisotopic (exact) mass is 443 g/mol. The molecule has 31 heavy (non-hydrogen) atoms. The van der Waals surface area contributed by atoms with Crippen LogP contribution in [0.3, 0.4) is 0 Å². The van der Waals surface area contributed by atoms with Crippen molar-refractivity contribution in [2.75, 3.05) is 34.8 Å². The van der Waals surface area contributed by atoms with Crippen molar-refractivity contribution >= 4 is 46.0 Å². The number of nitro groups is 1. The fourth-order valence-corrected chi connectivity index (χ4v) is 4.88. The zero-order chi connectivity index (χ0) is 22.3. The maximum absolute atomic E-state index is 12.8. The van der Waals surface area contributed by atoms with E-state index in [4.69, 9.17) is 9.40 Å². The summed E-state index contributed by atoms with van der Waals surface area (Å²) in [6.07, 6.45) is 0. The van der Waals surface area contributed by atoms with E-state index in [2.05, 4.69) is 41.6 Å². The lowest BCUT2D eigenvalue weighted by Crippen LogP contribution is -2.33. The fourth-order valence-electron chi connectivity index (χ4n) is 3.98. The minimum Gasteiger partial charge on any atom is -0.395 e. The van der Waals surface area contributed by atoms with Crippen LogP contribution in [0, 0.1) is 17.0 Å². The molecule has 0 saturated carbocycles. The van der Waals surface area contributed by atoms with Gasteiger partial charge in [0.25, 0.3) is 5.91 Å². The number of thioether (sulfide) groups is 1. The number of amides is 1. The third kappa shape index (κ3) is 4.12. The molecule has 0 spiro atoms. The molecule has 0 aliphatic carbocycles. The first kappa shape index (κ1) is 21.2. The number of nitrogens with one attached hydrogen (secondary N) is 1. The number of carbonyl (C=O) groups is 1. The van der Waals surface area contributed by atoms with Gasteiger partial charge in [-0.2, -0.15) is 11.8 Å². The molecular weight excluding hydrogens is 418 g/mol. The maximum Gasteiger partial charge on any atom is 0.433 e. The van der Waals surface area contributed by atoms with Gasteiger partial charge in [0.15, 0.2) is 5.76 Å². The lowest BCUT2D eigenvalue weighted by molar-refractivity contribution is -0.402. The number of fused-ring (bicyclic) bond motifs is 1. The molecule has 2 aromatic heterocycles. The molecule has 1 aliphatic heterocycles. The number of aromatic nitrogens is 2. The SMILES string of the molecule is Cc1nc2cc(NC(=O)c3ccc([N+](=O)[O-])o3)c(N3CCSCC3)cc2n1C(C)(C)C. The molecular formula is C21H25N5O4S. The molecule has 1 fully saturated rings. The normalized spacial score (nSPS) is 14.8. The third-order valence-electron chi connectivity index (χ3n) is 5.21. The van der Waals surface area contributed by atoms with E-state index in [0.717, 1.165) is 47.1 Å². The molecule has 1 N–H and O–H groups in total. The van der Waals surface area contributed by atoms with Crippen molar-refractivity contribution in [1.82, 2.24) is 9.55 Å². The molecule has 3 heterocycles. The predicted molar refractivity (Wildman–Crippen MR) is 122 cm³/mol. The lowest BCUT2D eigenvalue weighted by Gasteiger charge is -2.31. The van der Waals surface area contributed by atoms with Crippen LogP contribution in [0.4, 0.5) is 17.3 Å². The minimum atomic E-state index is -0.665. The number of carbonyl (C=O) groups excluding carboxylic acids is 1. The van der Waals surface area contributed by atoms with Crippen molar-refractivity contribution < 1.29 is 14.1 Å². The molecule has 0 unspecified atom stereocenters. The summed E-state index contributed by atoms with van der Waals surface area (Å²) in [6.45, 7) is 10.1. The highest BCUT2D eigenvalue weighted by atomic mass is 32.2. The van der Waals surface area contributed by atoms with Gasteiger partial charge in [0.1, 0.15) is 10.7 Å². The first-order chi connectivity index (χ1) is 14.6. The predicted octanol–water partition coefficient (Wildman–Crippen LogP) is 4.41. The van der Waals surface area contributed by atoms with E-state index in [0.29, 0.717) is 5.69 Å². The van der Waals surface area contributed by atoms with E-state index < -0.39 is 16.7 Å². The average molecular weight is 444 g/mol. The molecule has 1 amide bonds. The van der Waals surface area contributed by atoms with Crippen molar-refractivity contribution in [2.45, 2.75) is 33.2 Å². The number of aryl methyl sites for hydroxylation is 1. The zero-order valence-corrected chi connectivity index (χ0v) is 18.8. The van der Waals surface area contributed by atoms with Gasteiger partial charge in [0.2, 0.25) is 0 Å². The van der Waals surface area contributed by atoms with E-state index in [1.54, 1.807) is 0 Å². The van der Waals surface area contributed by atoms with E-state index in [1.165, 1.54) is 12.1 Å². The third-order valence-corrected chi connectivity index (χ3v) is 6.15. The van der Waals surface area contributed by atoms with E-state index in [9.17, 15) is 14.9 Å². The van der Waals surface area contributed by atoms with Gasteiger partial charge in [-0.15, -0.1) is 0 Å². The van der Waals surface area contributed by atoms with Gasteiger partial charge in [-0.3, -0.25) is 14.9 Å². The molecule has 164 valence electrons. The van der Waals surface area contributed by atoms with Gasteiger partial charge in [-0.1, -0.05) is 0 Å². The van der Waals surface area contributed by atoms with Crippen LogP contribution >= 0.6 is 11.8 Å². The molecule has 10 heteroatoms. The summed E-state index contributed by atoms with van der Waals surface area (Å²) in [5.41, 5.74) is 3.16. The summed E-state index contributed by atoms with van der Waals surface area (Å²) in [5.74, 6) is 1.80. The number of hydrogen-bond donors (Lipinski definition) is 1. The van der Waals surface area contributed by atoms with Crippen LogP contribution in [0.1, 0.15) is 37.2 Å². The van der Waals surface area contributed by atoms with Gasteiger partial charge in [0, 0.05) is 30.1 Å². The number of imidazole rings is 1. The Hall–Kier alpha value is -3.01. The zero-order valence-electron chi connectivity index (χ0n) is 18.0. The van der Waals surface area contributed by atoms with Gasteiger partial charge < -0.3 is 19.2 Å². The van der Waals surface area contributed by atoms with Crippen LogP contribution in [-0.2, 0) is 5.54 Å². The van der Waals surface area contributed by atoms with Crippen molar-refractivity contribution in [3.05, 3.63) is 46.0 Å². The van der Waals surface area contributed by atoms with Crippen molar-refractivity contribution in [3.63, 3.8) is 0 Å². The number of nitrogens with zero attached hydrogens (tertiary/aromatic N) is 4. The van der Waals surface area contributed by atoms with E-state index in [1.807, 2.05) is 24.8 Å². The summed E-state index contributed by atoms with van der Waals surface area (Å²) in [4.78, 5) is 30.0. The molecule has 1 saturated heterocycles. The summed E-state index contributed by atoms with van der Waals surface area (Å²) in [6, 6.07) is 6.44. The summed E-state index contributed by atoms with van der Waals surface area (Å²) in [5, 5.41) is 13.8. The number of anilines is 2. The first-order valence-electron chi connectivity index (χ1n) is 10.1. The summed E-state index contributed by atoms with van der Waals surface area (Å²) in [7, 11) is 0. The molecule has 1 aromatic carbocycles. The second kappa shape index (κ2) is 7.92. The van der Waals surface area contributed by atoms with Gasteiger partial charge in [0.05, 0.1) is 28.5 Å². The quantitative estimate of drug-likeness (QED) is 0.470. The standard InChI is InChI=1S/C21H25N5O4S/c1-13-22-15-11-14(23-20(27)18-5-6-19(30-18)26(28)29)16(24-7-9-31-10-8-24)12-17(15)25(13)21(2,3)4/h5-6,11-12H,7-10H2,1-4H3,(H,23,27). The van der Waals surface area contributed by atoms with Gasteiger partial charge in [-0.05, 0) is 45.9 Å². The summed E-state index contributed by atoms with van der Waals surface area (Å²) < 4.78 is 7.27. The fraction of sp³-hybridized carbons (Fsp3) is 0.429. The van der Waals surface area contributed by atoms with E-state index in [-0.39, 0.29) is 11.3 Å². The van der Waals surface area contributed by atoms with Crippen LogP contribution in [0.15, 0.2) is 28.7 Å². The maximum atomic E-state index is 12.8. The van der Waals surface area contributed by atoms with Crippen LogP contribution < -0.4 is 10.2 Å². The highest BCUT2D eigenvalue weighted by Gasteiger charge is 2.25. The van der Waals surface area contributed by atoms with Crippen LogP contribution in [0.5, 0.6) is 0 Å². The Kier molecular flexibility index (Phi) is 5.42.